The summed E-state index contributed by atoms with van der Waals surface area (Å²) in [6.07, 6.45) is 20.1. The van der Waals surface area contributed by atoms with Crippen molar-refractivity contribution in [3.8, 4) is 0 Å². The minimum absolute atomic E-state index is 0.163. The van der Waals surface area contributed by atoms with Crippen molar-refractivity contribution in [3.63, 3.8) is 0 Å². The molecule has 0 radical (unpaired) electrons. The Morgan fingerprint density at radius 2 is 0.576 bits per heavy atom. The van der Waals surface area contributed by atoms with Crippen molar-refractivity contribution in [2.24, 2.45) is 48.6 Å². The highest BCUT2D eigenvalue weighted by Crippen LogP contribution is 2.39. The van der Waals surface area contributed by atoms with Gasteiger partial charge < -0.3 is 119 Å². The fraction of sp³-hybridized carbons (Fsp3) is 0.676. The van der Waals surface area contributed by atoms with Crippen LogP contribution in [0.15, 0.2) is 86.7 Å². The van der Waals surface area contributed by atoms with E-state index >= 15 is 0 Å². The Morgan fingerprint density at radius 3 is 0.868 bits per heavy atom. The topological polar surface area (TPSA) is 559 Å². The normalized spacial score (nSPS) is 20.7. The van der Waals surface area contributed by atoms with E-state index in [0.29, 0.717) is 285 Å². The molecule has 144 heavy (non-hydrogen) atoms. The van der Waals surface area contributed by atoms with Crippen molar-refractivity contribution < 1.29 is 95.4 Å². The van der Waals surface area contributed by atoms with Gasteiger partial charge in [-0.05, 0) is 145 Å². The molecule has 3 aromatic rings. The third-order valence-corrected chi connectivity index (χ3v) is 31.6. The molecule has 0 aromatic heterocycles. The summed E-state index contributed by atoms with van der Waals surface area (Å²) in [7, 11) is 0. The largest absolute Gasteiger partial charge is 0.445 e. The number of aliphatic imine (C=N–C) groups is 4. The van der Waals surface area contributed by atoms with Gasteiger partial charge in [-0.3, -0.25) is 38.4 Å². The number of urea groups is 2. The van der Waals surface area contributed by atoms with Crippen LogP contribution in [0.2, 0.25) is 0 Å². The first kappa shape index (κ1) is 117. The number of benzene rings is 3. The lowest BCUT2D eigenvalue weighted by molar-refractivity contribution is -0.120. The molecule has 0 saturated carbocycles. The van der Waals surface area contributed by atoms with E-state index < -0.39 is 18.2 Å². The van der Waals surface area contributed by atoms with Crippen molar-refractivity contribution in [1.82, 2.24) is 37.2 Å². The summed E-state index contributed by atoms with van der Waals surface area (Å²) in [5.74, 6) is 6.38. The number of thioether (sulfide) groups is 4. The molecule has 0 unspecified atom stereocenters. The van der Waals surface area contributed by atoms with Crippen LogP contribution in [-0.4, -0.2) is 312 Å². The number of amides is 5. The molecule has 12 atom stereocenters. The van der Waals surface area contributed by atoms with E-state index in [9.17, 15) is 52.7 Å². The number of alkyl carbamates (subject to hydrolysis) is 1. The molecular weight excluding hydrogens is 1930 g/mol. The SMILES string of the molecule is NC1=N[C@H]2[C@H](CS[C@H]2CCCCC(=O)CCCOCCCC(=O)c2cc(NC(=O)NCCOCCOCCNC(=O)OCc3ccccc3)cc(C(=O)CCCOCCCC(=O)CCCC[C@@H]3SC[C@@H]4NC(N)=N[C@@H]43)c2)N1.NCCOCCOCCNC(=O)Nc1cc(C(=O)CCCOCCCC(=O)CCCC[C@@H]2SC[C@@H]3NC(N)=N[C@@H]32)cc(C(=O)CCCOCCCC(=O)CCCC[C@@H]2SC[C@@H]3NC(N)=N[C@@H]32)c1. The smallest absolute Gasteiger partial charge is 0.407 e. The third kappa shape index (κ3) is 44.9. The number of anilines is 2. The average Bonchev–Trinajstić information content (AvgIpc) is 1.77. The van der Waals surface area contributed by atoms with Gasteiger partial charge in [0.2, 0.25) is 0 Å². The number of ketones is 8. The maximum absolute atomic E-state index is 13.5. The fourth-order valence-electron chi connectivity index (χ4n) is 18.1. The third-order valence-electron chi connectivity index (χ3n) is 25.6. The molecule has 8 aliphatic rings. The number of fused-ring (bicyclic) bond motifs is 4. The second kappa shape index (κ2) is 67.7. The Bertz CT molecular complexity index is 4410. The minimum atomic E-state index is -0.537. The summed E-state index contributed by atoms with van der Waals surface area (Å²) in [6.45, 7) is 6.94. The summed E-state index contributed by atoms with van der Waals surface area (Å²) in [4.78, 5) is 159. The molecule has 42 heteroatoms. The molecule has 4 saturated heterocycles. The first-order valence-electron chi connectivity index (χ1n) is 51.8. The van der Waals surface area contributed by atoms with Crippen molar-refractivity contribution in [1.29, 1.82) is 0 Å². The predicted molar refractivity (Wildman–Crippen MR) is 567 cm³/mol. The maximum atomic E-state index is 13.5. The molecule has 4 fully saturated rings. The summed E-state index contributed by atoms with van der Waals surface area (Å²) in [5.41, 5.74) is 31.5. The molecule has 3 aromatic carbocycles. The Morgan fingerprint density at radius 1 is 0.312 bits per heavy atom. The van der Waals surface area contributed by atoms with Crippen LogP contribution in [0.1, 0.15) is 252 Å². The summed E-state index contributed by atoms with van der Waals surface area (Å²) in [5, 5.41) is 28.3. The number of hydrogen-bond acceptors (Lipinski definition) is 37. The van der Waals surface area contributed by atoms with E-state index in [1.165, 1.54) is 0 Å². The van der Waals surface area contributed by atoms with Crippen molar-refractivity contribution >= 4 is 147 Å². The molecule has 0 bridgehead atoms. The quantitative estimate of drug-likeness (QED) is 0.0184. The molecule has 798 valence electrons. The monoisotopic (exact) mass is 2080 g/mol. The lowest BCUT2D eigenvalue weighted by atomic mass is 9.99. The van der Waals surface area contributed by atoms with E-state index in [0.717, 1.165) is 106 Å². The number of rotatable bonds is 77. The Balaban J connectivity index is 0.000000298. The molecule has 11 rings (SSSR count). The van der Waals surface area contributed by atoms with Crippen molar-refractivity contribution in [2.45, 2.75) is 281 Å². The predicted octanol–water partition coefficient (Wildman–Crippen LogP) is 10.2. The Labute approximate surface area is 864 Å². The maximum Gasteiger partial charge on any atom is 0.407 e. The van der Waals surface area contributed by atoms with Crippen LogP contribution >= 0.6 is 47.0 Å². The van der Waals surface area contributed by atoms with Gasteiger partial charge in [0.05, 0.1) is 101 Å². The number of guanidine groups is 4. The van der Waals surface area contributed by atoms with Gasteiger partial charge in [-0.2, -0.15) is 47.0 Å². The number of hydrogen-bond donors (Lipinski definition) is 14. The summed E-state index contributed by atoms with van der Waals surface area (Å²) in [6, 6.07) is 20.1. The number of nitrogens with one attached hydrogen (secondary N) is 9. The van der Waals surface area contributed by atoms with Crippen LogP contribution in [-0.2, 0) is 68.4 Å². The second-order valence-electron chi connectivity index (χ2n) is 37.2. The average molecular weight is 2080 g/mol. The van der Waals surface area contributed by atoms with E-state index in [2.05, 4.69) is 67.8 Å². The standard InChI is InChI=1S/C55H81N9O11S2.C47H75N9O9S2/c56-52-61-44-36-76-48(50(44)63-52)20-6-4-14-42(65)16-8-24-71-26-10-18-46(67)39-32-40(47(68)19-11-27-72-25-9-17-43(66)15-5-7-21-49-51-45(37-77-49)62-53(57)64-51)34-41(33-39)60-54(69)58-22-28-73-30-31-74-29-23-59-55(70)75-35-38-12-2-1-3-13-38;48-17-23-64-25-26-65-24-18-51-47(61)52-34-28-32(39(59)13-7-21-62-19-5-11-35(57)9-1-3-15-41-43-37(30-66-41)53-45(49)55-43)27-33(29-34)40(60)14-8-22-63-20-6-12-36(58)10-2-4-16-42-44-38(31-67-42)54-46(50)56-44/h1-3,12-13,32-34,44-45,48-51H,4-11,14-31,35-37H2,(H,59,70)(H3,56,61,63)(H3,57,62,64)(H2,58,60,69);27-29,37-38,41-44H,1-26,30-31,48H2,(H3,49,53,55)(H3,50,54,56)(H2,51,52,61)/t44-,45-,48-,49-,50-,51-;37-,38-,41-,42-,43-,44-/m00/s1. The zero-order chi connectivity index (χ0) is 102. The number of ether oxygens (including phenoxy) is 9. The van der Waals surface area contributed by atoms with Crippen LogP contribution in [0.3, 0.4) is 0 Å². The van der Waals surface area contributed by atoms with Crippen LogP contribution in [0.5, 0.6) is 0 Å². The van der Waals surface area contributed by atoms with Gasteiger partial charge in [0.25, 0.3) is 0 Å². The molecular formula is C102H156N18O20S4. The van der Waals surface area contributed by atoms with E-state index in [4.69, 9.17) is 71.3 Å². The van der Waals surface area contributed by atoms with E-state index in [1.54, 1.807) is 36.4 Å². The number of nitrogens with two attached hydrogens (primary N) is 5. The van der Waals surface area contributed by atoms with E-state index in [-0.39, 0.29) is 155 Å². The van der Waals surface area contributed by atoms with Gasteiger partial charge in [0.15, 0.2) is 47.0 Å². The minimum Gasteiger partial charge on any atom is -0.445 e. The van der Waals surface area contributed by atoms with E-state index in [1.807, 2.05) is 77.4 Å². The number of nitrogens with zero attached hydrogens (tertiary/aromatic N) is 4. The molecule has 0 spiro atoms. The summed E-state index contributed by atoms with van der Waals surface area (Å²) >= 11 is 7.73. The van der Waals surface area contributed by atoms with Crippen LogP contribution < -0.4 is 76.5 Å². The highest BCUT2D eigenvalue weighted by atomic mass is 32.2. The Hall–Kier alpha value is -9.05. The molecule has 19 N–H and O–H groups in total. The first-order valence-corrected chi connectivity index (χ1v) is 56.0. The highest BCUT2D eigenvalue weighted by molar-refractivity contribution is 8.01. The zero-order valence-electron chi connectivity index (χ0n) is 83.6. The van der Waals surface area contributed by atoms with Crippen LogP contribution in [0, 0.1) is 0 Å². The van der Waals surface area contributed by atoms with Gasteiger partial charge in [0.1, 0.15) is 29.7 Å². The van der Waals surface area contributed by atoms with Crippen LogP contribution in [0.25, 0.3) is 0 Å². The zero-order valence-corrected chi connectivity index (χ0v) is 86.8. The number of carbonyl (C=O) groups excluding carboxylic acids is 11. The molecule has 8 aliphatic heterocycles. The molecule has 8 heterocycles. The lowest BCUT2D eigenvalue weighted by Crippen LogP contribution is -2.38. The van der Waals surface area contributed by atoms with Gasteiger partial charge in [0, 0.05) is 234 Å². The van der Waals surface area contributed by atoms with Crippen LogP contribution in [0.4, 0.5) is 25.8 Å². The van der Waals surface area contributed by atoms with Gasteiger partial charge in [-0.15, -0.1) is 0 Å². The number of unbranched alkanes of at least 4 members (excludes halogenated alkanes) is 4. The number of carbonyl (C=O) groups is 11. The summed E-state index contributed by atoms with van der Waals surface area (Å²) < 4.78 is 50.0. The van der Waals surface area contributed by atoms with Gasteiger partial charge >= 0.3 is 18.2 Å². The van der Waals surface area contributed by atoms with Gasteiger partial charge in [-0.1, -0.05) is 56.0 Å². The van der Waals surface area contributed by atoms with Crippen molar-refractivity contribution in [2.75, 3.05) is 166 Å². The molecule has 0 aliphatic carbocycles. The molecule has 38 nitrogen and oxygen atoms in total. The number of Topliss-reactive ketones (excluding diaryl/α,β-unsaturated/α-hetero) is 8. The van der Waals surface area contributed by atoms with Crippen molar-refractivity contribution in [3.05, 3.63) is 94.5 Å². The Kier molecular flexibility index (Phi) is 55.0. The first-order chi connectivity index (χ1) is 70.1. The molecule has 5 amide bonds. The second-order valence-corrected chi connectivity index (χ2v) is 42.3. The lowest BCUT2D eigenvalue weighted by Gasteiger charge is -2.14. The van der Waals surface area contributed by atoms with Gasteiger partial charge in [-0.25, -0.2) is 34.4 Å². The fourth-order valence-corrected chi connectivity index (χ4v) is 24.1. The highest BCUT2D eigenvalue weighted by Gasteiger charge is 2.44.